The van der Waals surface area contributed by atoms with Crippen LogP contribution in [0.5, 0.6) is 11.5 Å². The van der Waals surface area contributed by atoms with Crippen LogP contribution in [0.3, 0.4) is 0 Å². The average molecular weight is 995 g/mol. The summed E-state index contributed by atoms with van der Waals surface area (Å²) in [5, 5.41) is 25.4. The molecule has 3 heterocycles. The lowest BCUT2D eigenvalue weighted by Gasteiger charge is -2.22. The normalized spacial score (nSPS) is 23.5. The average Bonchev–Trinajstić information content (AvgIpc) is 3.54. The molecule has 71 heavy (non-hydrogen) atoms. The number of amides is 2. The second kappa shape index (κ2) is 26.2. The Labute approximate surface area is 417 Å². The van der Waals surface area contributed by atoms with Crippen molar-refractivity contribution in [1.82, 2.24) is 0 Å². The first-order valence-corrected chi connectivity index (χ1v) is 22.5. The molecule has 0 saturated carbocycles. The van der Waals surface area contributed by atoms with Gasteiger partial charge in [-0.05, 0) is 117 Å². The minimum Gasteiger partial charge on any atom is -0.497 e. The molecule has 0 aromatic heterocycles. The van der Waals surface area contributed by atoms with Crippen LogP contribution in [0, 0.1) is 0 Å². The maximum absolute atomic E-state index is 13.3. The molecule has 0 unspecified atom stereocenters. The molecular weight excluding hydrogens is 921 g/mol. The Morgan fingerprint density at radius 3 is 1.45 bits per heavy atom. The number of fused-ring (bicyclic) bond motifs is 3. The highest BCUT2D eigenvalue weighted by atomic mass is 16.8. The number of methoxy groups -OCH3 is 2. The van der Waals surface area contributed by atoms with Gasteiger partial charge in [0.1, 0.15) is 47.1 Å². The van der Waals surface area contributed by atoms with Gasteiger partial charge in [-0.25, -0.2) is 19.2 Å². The topological polar surface area (TPSA) is 241 Å². The molecular formula is C53H74N2O16. The van der Waals surface area contributed by atoms with Crippen molar-refractivity contribution in [3.63, 3.8) is 0 Å². The van der Waals surface area contributed by atoms with Gasteiger partial charge in [0.15, 0.2) is 17.4 Å². The molecule has 0 bridgehead atoms. The number of ether oxygens (including phenoxy) is 8. The molecule has 2 aromatic rings. The fraction of sp³-hybridized carbons (Fsp3) is 0.509. The van der Waals surface area contributed by atoms with Crippen LogP contribution in [0.2, 0.25) is 0 Å². The second-order valence-electron chi connectivity index (χ2n) is 18.9. The summed E-state index contributed by atoms with van der Waals surface area (Å²) in [6.45, 7) is 17.3. The number of hydrogen-bond acceptors (Lipinski definition) is 16. The van der Waals surface area contributed by atoms with Crippen molar-refractivity contribution in [3.8, 4) is 11.5 Å². The van der Waals surface area contributed by atoms with Crippen LogP contribution >= 0.6 is 0 Å². The lowest BCUT2D eigenvalue weighted by molar-refractivity contribution is -0.152. The molecule has 2 amide bonds. The highest BCUT2D eigenvalue weighted by molar-refractivity contribution is 6.04. The van der Waals surface area contributed by atoms with Crippen LogP contribution in [0.15, 0.2) is 60.7 Å². The Balaban J connectivity index is 0.000000475. The summed E-state index contributed by atoms with van der Waals surface area (Å²) in [7, 11) is 2.92. The number of esters is 2. The number of rotatable bonds is 4. The third kappa shape index (κ3) is 18.7. The number of hydrogen-bond donors (Lipinski definition) is 4. The van der Waals surface area contributed by atoms with Crippen LogP contribution in [0.25, 0.3) is 12.2 Å². The first kappa shape index (κ1) is 60.8. The lowest BCUT2D eigenvalue weighted by Crippen LogP contribution is -2.32. The highest BCUT2D eigenvalue weighted by Gasteiger charge is 2.43. The smallest absolute Gasteiger partial charge is 0.412 e. The van der Waals surface area contributed by atoms with E-state index in [1.54, 1.807) is 99.6 Å². The van der Waals surface area contributed by atoms with E-state index in [0.29, 0.717) is 35.5 Å². The molecule has 3 aliphatic heterocycles. The Morgan fingerprint density at radius 1 is 0.620 bits per heavy atom. The van der Waals surface area contributed by atoms with E-state index in [-0.39, 0.29) is 56.0 Å². The number of carbonyl (C=O) groups excluding carboxylic acids is 6. The third-order valence-electron chi connectivity index (χ3n) is 10.0. The summed E-state index contributed by atoms with van der Waals surface area (Å²) >= 11 is 0. The standard InChI is InChI=1S/C27H35NO8.C24H31NO8.2CH4/c1-16-10-8-12-20(29)23-21(34-27(5,6)35-23)13-9-11-17-14-18(32-7)15-19(22(17)24(30)33-16)28-25(31)36-26(2,3)4;1-14-8-6-10-18(26)21(28)19(27)11-7-9-15-12-16(31-5)13-17(20(15)22(29)32-14)25-23(30)33-24(2,3)4;;/h8-9,11-12,14-16,21,23H,10,13H2,1-7H3,(H,28,31);6-7,9-10,12-14,19,21,27-28H,8,11H2,1-5H3,(H,25,30);2*1H4/b11-9?,12-8-;9-7?,10-6-;;/t16-,21-,23+;14-,19-,21+;;/m00../s1. The monoisotopic (exact) mass is 995 g/mol. The van der Waals surface area contributed by atoms with Crippen LogP contribution in [0.1, 0.15) is 142 Å². The first-order valence-electron chi connectivity index (χ1n) is 22.5. The van der Waals surface area contributed by atoms with Crippen molar-refractivity contribution in [2.24, 2.45) is 0 Å². The van der Waals surface area contributed by atoms with Crippen molar-refractivity contribution in [2.75, 3.05) is 24.9 Å². The van der Waals surface area contributed by atoms with E-state index in [1.807, 2.05) is 0 Å². The van der Waals surface area contributed by atoms with Crippen molar-refractivity contribution in [2.45, 2.75) is 163 Å². The van der Waals surface area contributed by atoms with Crippen molar-refractivity contribution in [3.05, 3.63) is 83.0 Å². The molecule has 3 aliphatic rings. The molecule has 6 atom stereocenters. The number of ketones is 2. The van der Waals surface area contributed by atoms with E-state index >= 15 is 0 Å². The van der Waals surface area contributed by atoms with E-state index < -0.39 is 83.5 Å². The largest absolute Gasteiger partial charge is 0.497 e. The number of aliphatic hydroxyl groups excluding tert-OH is 2. The van der Waals surface area contributed by atoms with Crippen molar-refractivity contribution >= 4 is 59.2 Å². The first-order chi connectivity index (χ1) is 32.2. The van der Waals surface area contributed by atoms with E-state index in [1.165, 1.54) is 50.7 Å². The number of carbonyl (C=O) groups is 6. The van der Waals surface area contributed by atoms with Crippen molar-refractivity contribution < 1.29 is 76.9 Å². The molecule has 0 spiro atoms. The summed E-state index contributed by atoms with van der Waals surface area (Å²) < 4.78 is 44.4. The Morgan fingerprint density at radius 2 is 1.03 bits per heavy atom. The van der Waals surface area contributed by atoms with Gasteiger partial charge in [0.2, 0.25) is 0 Å². The Kier molecular flexibility index (Phi) is 22.4. The van der Waals surface area contributed by atoms with Crippen LogP contribution in [-0.2, 0) is 38.0 Å². The molecule has 1 fully saturated rings. The molecule has 0 aliphatic carbocycles. The number of cyclic esters (lactones) is 2. The molecule has 4 N–H and O–H groups in total. The van der Waals surface area contributed by atoms with Crippen LogP contribution in [0.4, 0.5) is 21.0 Å². The lowest BCUT2D eigenvalue weighted by atomic mass is 10.0. The SMILES string of the molecule is C.C.COc1cc2c(c(NC(=O)OC(C)(C)C)c1)C(=O)O[C@@H](C)C/C=C\C(=O)[C@@H](O)[C@@H](O)CC=C2.COc1cc2c(c(NC(=O)OC(C)(C)C)c1)C(=O)O[C@@H](C)C/C=C\C(=O)[C@H]1OC(C)(C)O[C@H]1CC=C2. The van der Waals surface area contributed by atoms with E-state index in [0.717, 1.165) is 6.08 Å². The number of benzene rings is 2. The molecule has 2 aromatic carbocycles. The van der Waals surface area contributed by atoms with Gasteiger partial charge >= 0.3 is 24.1 Å². The van der Waals surface area contributed by atoms with E-state index in [4.69, 9.17) is 37.9 Å². The van der Waals surface area contributed by atoms with Gasteiger partial charge < -0.3 is 48.1 Å². The minimum atomic E-state index is -1.58. The summed E-state index contributed by atoms with van der Waals surface area (Å²) in [5.74, 6) is -2.31. The molecule has 5 rings (SSSR count). The highest BCUT2D eigenvalue weighted by Crippen LogP contribution is 2.34. The van der Waals surface area contributed by atoms with E-state index in [9.17, 15) is 39.0 Å². The van der Waals surface area contributed by atoms with E-state index in [2.05, 4.69) is 10.6 Å². The minimum absolute atomic E-state index is 0. The Hall–Kier alpha value is -6.34. The zero-order valence-corrected chi connectivity index (χ0v) is 41.3. The number of nitrogens with one attached hydrogen (secondary N) is 2. The van der Waals surface area contributed by atoms with Crippen molar-refractivity contribution in [1.29, 1.82) is 0 Å². The maximum Gasteiger partial charge on any atom is 0.412 e. The molecule has 1 saturated heterocycles. The molecule has 392 valence electrons. The van der Waals surface area contributed by atoms with Gasteiger partial charge in [0.25, 0.3) is 0 Å². The number of aliphatic hydroxyl groups is 2. The predicted molar refractivity (Wildman–Crippen MR) is 270 cm³/mol. The predicted octanol–water partition coefficient (Wildman–Crippen LogP) is 9.55. The summed E-state index contributed by atoms with van der Waals surface area (Å²) in [4.78, 5) is 76.1. The van der Waals surface area contributed by atoms with Gasteiger partial charge in [0, 0.05) is 25.0 Å². The quantitative estimate of drug-likeness (QED) is 0.165. The molecule has 18 heteroatoms. The van der Waals surface area contributed by atoms with Gasteiger partial charge in [-0.3, -0.25) is 20.2 Å². The van der Waals surface area contributed by atoms with Gasteiger partial charge in [-0.15, -0.1) is 0 Å². The third-order valence-corrected chi connectivity index (χ3v) is 10.0. The van der Waals surface area contributed by atoms with Crippen LogP contribution in [-0.4, -0.2) is 114 Å². The summed E-state index contributed by atoms with van der Waals surface area (Å²) in [6.07, 6.45) is 6.25. The second-order valence-corrected chi connectivity index (χ2v) is 18.9. The fourth-order valence-electron chi connectivity index (χ4n) is 7.01. The zero-order valence-electron chi connectivity index (χ0n) is 41.3. The zero-order chi connectivity index (χ0) is 51.4. The fourth-order valence-corrected chi connectivity index (χ4v) is 7.01. The molecule has 0 radical (unpaired) electrons. The Bertz CT molecular complexity index is 2330. The van der Waals surface area contributed by atoms with Crippen LogP contribution < -0.4 is 20.1 Å². The summed E-state index contributed by atoms with van der Waals surface area (Å²) in [5.41, 5.74) is -0.137. The van der Waals surface area contributed by atoms with Gasteiger partial charge in [-0.2, -0.15) is 0 Å². The number of anilines is 2. The van der Waals surface area contributed by atoms with Gasteiger partial charge in [0.05, 0.1) is 48.9 Å². The van der Waals surface area contributed by atoms with Gasteiger partial charge in [-0.1, -0.05) is 51.3 Å². The summed E-state index contributed by atoms with van der Waals surface area (Å²) in [6, 6.07) is 6.25. The molecule has 18 nitrogen and oxygen atoms in total. The maximum atomic E-state index is 13.3.